The zero-order valence-corrected chi connectivity index (χ0v) is 11.1. The minimum absolute atomic E-state index is 0.205. The summed E-state index contributed by atoms with van der Waals surface area (Å²) in [5.74, 6) is 0.722. The molecule has 0 bridgehead atoms. The van der Waals surface area contributed by atoms with Crippen molar-refractivity contribution in [2.75, 3.05) is 0 Å². The summed E-state index contributed by atoms with van der Waals surface area (Å²) >= 11 is 0. The van der Waals surface area contributed by atoms with Gasteiger partial charge in [-0.1, -0.05) is 5.57 Å². The van der Waals surface area contributed by atoms with Crippen molar-refractivity contribution in [3.05, 3.63) is 53.1 Å². The van der Waals surface area contributed by atoms with Gasteiger partial charge in [-0.3, -0.25) is 0 Å². The Bertz CT molecular complexity index is 741. The van der Waals surface area contributed by atoms with Crippen LogP contribution in [0.2, 0.25) is 0 Å². The first-order chi connectivity index (χ1) is 9.76. The molecular formula is C17H15FN2. The molecule has 1 aromatic carbocycles. The molecule has 2 nitrogen and oxygen atoms in total. The highest BCUT2D eigenvalue weighted by Crippen LogP contribution is 2.69. The van der Waals surface area contributed by atoms with E-state index < -0.39 is 0 Å². The predicted octanol–water partition coefficient (Wildman–Crippen LogP) is 3.75. The number of halogens is 1. The first-order valence-electron chi connectivity index (χ1n) is 7.30. The van der Waals surface area contributed by atoms with E-state index in [0.29, 0.717) is 5.41 Å². The van der Waals surface area contributed by atoms with Gasteiger partial charge in [-0.15, -0.1) is 0 Å². The molecule has 100 valence electrons. The van der Waals surface area contributed by atoms with Gasteiger partial charge in [0.25, 0.3) is 0 Å². The van der Waals surface area contributed by atoms with Gasteiger partial charge < -0.3 is 0 Å². The molecule has 2 saturated carbocycles. The smallest absolute Gasteiger partial charge is 0.123 e. The summed E-state index contributed by atoms with van der Waals surface area (Å²) in [5, 5.41) is 4.52. The van der Waals surface area contributed by atoms with Crippen molar-refractivity contribution in [1.82, 2.24) is 9.78 Å². The number of hydrogen-bond acceptors (Lipinski definition) is 1. The molecule has 5 rings (SSSR count). The Morgan fingerprint density at radius 3 is 2.90 bits per heavy atom. The molecule has 0 N–H and O–H groups in total. The molecule has 2 unspecified atom stereocenters. The van der Waals surface area contributed by atoms with Crippen LogP contribution in [0.1, 0.15) is 30.5 Å². The second kappa shape index (κ2) is 3.40. The fourth-order valence-electron chi connectivity index (χ4n) is 4.25. The van der Waals surface area contributed by atoms with Gasteiger partial charge in [0.15, 0.2) is 0 Å². The zero-order chi connectivity index (χ0) is 13.3. The highest BCUT2D eigenvalue weighted by atomic mass is 19.1. The Balaban J connectivity index is 1.64. The van der Waals surface area contributed by atoms with E-state index in [4.69, 9.17) is 0 Å². The van der Waals surface area contributed by atoms with Gasteiger partial charge in [0.05, 0.1) is 17.6 Å². The van der Waals surface area contributed by atoms with Crippen LogP contribution in [0.5, 0.6) is 0 Å². The maximum Gasteiger partial charge on any atom is 0.123 e. The fourth-order valence-corrected chi connectivity index (χ4v) is 4.25. The third kappa shape index (κ3) is 1.25. The predicted molar refractivity (Wildman–Crippen MR) is 75.0 cm³/mol. The van der Waals surface area contributed by atoms with Crippen molar-refractivity contribution in [1.29, 1.82) is 0 Å². The maximum absolute atomic E-state index is 13.1. The van der Waals surface area contributed by atoms with Crippen LogP contribution >= 0.6 is 0 Å². The van der Waals surface area contributed by atoms with E-state index in [0.717, 1.165) is 18.0 Å². The number of fused-ring (bicyclic) bond motifs is 1. The molecule has 20 heavy (non-hydrogen) atoms. The number of benzene rings is 1. The highest BCUT2D eigenvalue weighted by molar-refractivity contribution is 5.63. The van der Waals surface area contributed by atoms with Crippen molar-refractivity contribution in [3.63, 3.8) is 0 Å². The molecule has 3 heteroatoms. The van der Waals surface area contributed by atoms with Crippen LogP contribution in [0.4, 0.5) is 4.39 Å². The minimum atomic E-state index is -0.205. The molecule has 3 aliphatic carbocycles. The Hall–Kier alpha value is -1.90. The van der Waals surface area contributed by atoms with Crippen LogP contribution < -0.4 is 0 Å². The monoisotopic (exact) mass is 266 g/mol. The third-order valence-corrected chi connectivity index (χ3v) is 5.41. The standard InChI is InChI=1S/C17H15FN2/c18-14-3-5-15(6-4-14)20-16-7-12-1-2-13-9-17(12,13)8-11(16)10-19-20/h3-7,10,13H,1-2,8-9H2. The van der Waals surface area contributed by atoms with E-state index in [1.807, 2.05) is 10.9 Å². The normalized spacial score (nSPS) is 29.4. The zero-order valence-electron chi connectivity index (χ0n) is 11.1. The Kier molecular flexibility index (Phi) is 1.84. The molecule has 2 atom stereocenters. The number of nitrogens with zero attached hydrogens (tertiary/aromatic N) is 2. The minimum Gasteiger partial charge on any atom is -0.233 e. The molecule has 3 aliphatic rings. The summed E-state index contributed by atoms with van der Waals surface area (Å²) < 4.78 is 15.0. The van der Waals surface area contributed by atoms with Gasteiger partial charge in [0.1, 0.15) is 5.82 Å². The van der Waals surface area contributed by atoms with E-state index in [2.05, 4.69) is 11.2 Å². The van der Waals surface area contributed by atoms with E-state index in [1.54, 1.807) is 17.7 Å². The van der Waals surface area contributed by atoms with Gasteiger partial charge in [-0.2, -0.15) is 5.10 Å². The Morgan fingerprint density at radius 1 is 1.25 bits per heavy atom. The maximum atomic E-state index is 13.1. The number of aromatic nitrogens is 2. The van der Waals surface area contributed by atoms with Crippen molar-refractivity contribution in [3.8, 4) is 5.69 Å². The van der Waals surface area contributed by atoms with Crippen molar-refractivity contribution in [2.45, 2.75) is 25.7 Å². The average molecular weight is 266 g/mol. The molecule has 1 aromatic heterocycles. The van der Waals surface area contributed by atoms with Crippen LogP contribution in [0.15, 0.2) is 36.0 Å². The van der Waals surface area contributed by atoms with Gasteiger partial charge in [-0.25, -0.2) is 9.07 Å². The van der Waals surface area contributed by atoms with Crippen LogP contribution in [0.3, 0.4) is 0 Å². The lowest BCUT2D eigenvalue weighted by Gasteiger charge is -2.21. The molecule has 1 heterocycles. The molecule has 0 saturated heterocycles. The summed E-state index contributed by atoms with van der Waals surface area (Å²) in [6.07, 6.45) is 9.48. The van der Waals surface area contributed by atoms with Crippen molar-refractivity contribution >= 4 is 6.08 Å². The van der Waals surface area contributed by atoms with Crippen LogP contribution in [-0.2, 0) is 6.42 Å². The largest absolute Gasteiger partial charge is 0.233 e. The lowest BCUT2D eigenvalue weighted by molar-refractivity contribution is 0.580. The van der Waals surface area contributed by atoms with Gasteiger partial charge in [0, 0.05) is 0 Å². The second-order valence-electron chi connectivity index (χ2n) is 6.39. The lowest BCUT2D eigenvalue weighted by Crippen LogP contribution is -2.13. The molecule has 2 aromatic rings. The van der Waals surface area contributed by atoms with Crippen LogP contribution in [-0.4, -0.2) is 9.78 Å². The topological polar surface area (TPSA) is 17.8 Å². The van der Waals surface area contributed by atoms with Gasteiger partial charge >= 0.3 is 0 Å². The quantitative estimate of drug-likeness (QED) is 0.768. The average Bonchev–Trinajstić information content (AvgIpc) is 2.83. The molecule has 0 aliphatic heterocycles. The fraction of sp³-hybridized carbons (Fsp3) is 0.353. The number of allylic oxidation sites excluding steroid dienone is 1. The molecule has 0 amide bonds. The van der Waals surface area contributed by atoms with Crippen molar-refractivity contribution in [2.24, 2.45) is 11.3 Å². The number of rotatable bonds is 1. The summed E-state index contributed by atoms with van der Waals surface area (Å²) in [5.41, 5.74) is 5.61. The summed E-state index contributed by atoms with van der Waals surface area (Å²) in [6, 6.07) is 6.57. The summed E-state index contributed by atoms with van der Waals surface area (Å²) in [7, 11) is 0. The van der Waals surface area contributed by atoms with Gasteiger partial charge in [0.2, 0.25) is 0 Å². The first kappa shape index (κ1) is 10.8. The molecule has 0 radical (unpaired) electrons. The third-order valence-electron chi connectivity index (χ3n) is 5.41. The Morgan fingerprint density at radius 2 is 2.10 bits per heavy atom. The first-order valence-corrected chi connectivity index (χ1v) is 7.30. The summed E-state index contributed by atoms with van der Waals surface area (Å²) in [4.78, 5) is 0. The van der Waals surface area contributed by atoms with Crippen LogP contribution in [0.25, 0.3) is 11.8 Å². The van der Waals surface area contributed by atoms with Gasteiger partial charge in [-0.05, 0) is 72.9 Å². The van der Waals surface area contributed by atoms with E-state index >= 15 is 0 Å². The number of hydrogen-bond donors (Lipinski definition) is 0. The second-order valence-corrected chi connectivity index (χ2v) is 6.39. The lowest BCUT2D eigenvalue weighted by atomic mass is 9.84. The van der Waals surface area contributed by atoms with Crippen LogP contribution in [0, 0.1) is 17.2 Å². The molecule has 1 spiro atoms. The molecular weight excluding hydrogens is 251 g/mol. The SMILES string of the molecule is Fc1ccc(-n2ncc3c2C=C2CCC4CC24C3)cc1. The van der Waals surface area contributed by atoms with E-state index in [1.165, 1.54) is 42.7 Å². The Labute approximate surface area is 116 Å². The van der Waals surface area contributed by atoms with Crippen molar-refractivity contribution < 1.29 is 4.39 Å². The summed E-state index contributed by atoms with van der Waals surface area (Å²) in [6.45, 7) is 0. The van der Waals surface area contributed by atoms with E-state index in [-0.39, 0.29) is 5.82 Å². The highest BCUT2D eigenvalue weighted by Gasteiger charge is 2.60. The molecule has 2 fully saturated rings. The van der Waals surface area contributed by atoms with E-state index in [9.17, 15) is 4.39 Å².